The maximum Gasteiger partial charge on any atom is 0.270 e. The molecule has 2 aliphatic rings. The smallest absolute Gasteiger partial charge is 0.270 e. The summed E-state index contributed by atoms with van der Waals surface area (Å²) < 4.78 is 11.8. The fourth-order valence-electron chi connectivity index (χ4n) is 4.20. The minimum Gasteiger partial charge on any atom is -0.493 e. The van der Waals surface area contributed by atoms with E-state index in [9.17, 15) is 10.1 Å². The van der Waals surface area contributed by atoms with Crippen LogP contribution in [0.5, 0.6) is 11.5 Å². The summed E-state index contributed by atoms with van der Waals surface area (Å²) in [4.78, 5) is 15.9. The Morgan fingerprint density at radius 1 is 1.18 bits per heavy atom. The fourth-order valence-corrected chi connectivity index (χ4v) is 4.20. The average Bonchev–Trinajstić information content (AvgIpc) is 2.94. The summed E-state index contributed by atoms with van der Waals surface area (Å²) in [5.74, 6) is 1.49. The van der Waals surface area contributed by atoms with Crippen LogP contribution in [0.3, 0.4) is 0 Å². The first-order valence-corrected chi connectivity index (χ1v) is 9.37. The van der Waals surface area contributed by atoms with Crippen molar-refractivity contribution in [3.63, 3.8) is 0 Å². The molecule has 0 aromatic heterocycles. The number of fused-ring (bicyclic) bond motifs is 3. The zero-order valence-electron chi connectivity index (χ0n) is 16.8. The Labute approximate surface area is 164 Å². The molecule has 2 heterocycles. The summed E-state index contributed by atoms with van der Waals surface area (Å²) in [6.45, 7) is 8.26. The Bertz CT molecular complexity index is 1020. The molecule has 6 nitrogen and oxygen atoms in total. The van der Waals surface area contributed by atoms with Crippen molar-refractivity contribution in [2.75, 3.05) is 7.11 Å². The molecule has 0 N–H and O–H groups in total. The predicted molar refractivity (Wildman–Crippen MR) is 108 cm³/mol. The zero-order chi connectivity index (χ0) is 20.3. The normalized spacial score (nSPS) is 18.5. The molecule has 0 saturated carbocycles. The van der Waals surface area contributed by atoms with Crippen LogP contribution in [-0.4, -0.2) is 28.9 Å². The monoisotopic (exact) mass is 380 g/mol. The number of nitrogens with zero attached hydrogens (tertiary/aromatic N) is 2. The van der Waals surface area contributed by atoms with E-state index in [1.54, 1.807) is 19.2 Å². The van der Waals surface area contributed by atoms with Crippen LogP contribution in [0.25, 0.3) is 0 Å². The van der Waals surface area contributed by atoms with E-state index in [0.29, 0.717) is 0 Å². The van der Waals surface area contributed by atoms with Crippen LogP contribution >= 0.6 is 0 Å². The molecule has 0 fully saturated rings. The van der Waals surface area contributed by atoms with Crippen LogP contribution in [0.15, 0.2) is 35.3 Å². The highest BCUT2D eigenvalue weighted by atomic mass is 16.6. The Kier molecular flexibility index (Phi) is 4.00. The third-order valence-electron chi connectivity index (χ3n) is 5.23. The molecule has 0 aliphatic carbocycles. The largest absolute Gasteiger partial charge is 0.493 e. The van der Waals surface area contributed by atoms with Gasteiger partial charge in [-0.25, -0.2) is 0 Å². The molecule has 0 amide bonds. The molecule has 146 valence electrons. The van der Waals surface area contributed by atoms with Gasteiger partial charge in [0.1, 0.15) is 5.60 Å². The molecule has 0 radical (unpaired) electrons. The number of hydrogen-bond donors (Lipinski definition) is 0. The van der Waals surface area contributed by atoms with Gasteiger partial charge in [0.25, 0.3) is 5.69 Å². The fraction of sp³-hybridized carbons (Fsp3) is 0.409. The van der Waals surface area contributed by atoms with E-state index in [-0.39, 0.29) is 21.8 Å². The minimum atomic E-state index is -0.371. The van der Waals surface area contributed by atoms with E-state index in [1.165, 1.54) is 6.07 Å². The van der Waals surface area contributed by atoms with Gasteiger partial charge in [-0.3, -0.25) is 15.1 Å². The third-order valence-corrected chi connectivity index (χ3v) is 5.23. The van der Waals surface area contributed by atoms with E-state index in [1.807, 2.05) is 12.1 Å². The lowest BCUT2D eigenvalue weighted by molar-refractivity contribution is -0.384. The van der Waals surface area contributed by atoms with Gasteiger partial charge < -0.3 is 9.47 Å². The Morgan fingerprint density at radius 3 is 2.61 bits per heavy atom. The summed E-state index contributed by atoms with van der Waals surface area (Å²) in [6, 6.07) is 8.73. The van der Waals surface area contributed by atoms with Crippen molar-refractivity contribution in [1.29, 1.82) is 0 Å². The second-order valence-electron chi connectivity index (χ2n) is 8.72. The highest BCUT2D eigenvalue weighted by molar-refractivity contribution is 6.16. The highest BCUT2D eigenvalue weighted by Gasteiger charge is 2.39. The molecular formula is C22H24N2O4. The second-order valence-corrected chi connectivity index (χ2v) is 8.72. The van der Waals surface area contributed by atoms with Crippen molar-refractivity contribution < 1.29 is 14.4 Å². The van der Waals surface area contributed by atoms with Crippen LogP contribution in [0, 0.1) is 10.1 Å². The van der Waals surface area contributed by atoms with Gasteiger partial charge in [-0.2, -0.15) is 0 Å². The molecule has 2 aromatic carbocycles. The lowest BCUT2D eigenvalue weighted by Crippen LogP contribution is -2.30. The van der Waals surface area contributed by atoms with Gasteiger partial charge in [-0.1, -0.05) is 12.1 Å². The second kappa shape index (κ2) is 6.06. The van der Waals surface area contributed by atoms with Crippen LogP contribution < -0.4 is 9.47 Å². The van der Waals surface area contributed by atoms with Gasteiger partial charge in [0.15, 0.2) is 11.5 Å². The predicted octanol–water partition coefficient (Wildman–Crippen LogP) is 4.49. The van der Waals surface area contributed by atoms with E-state index >= 15 is 0 Å². The molecule has 0 saturated heterocycles. The SMILES string of the molecule is COc1cc2c(c3c1OC(C)(C)C3)C(c1cccc([N+](=O)[O-])c1)=NC(C)(C)C2. The number of aliphatic imine (C=N–C) groups is 1. The molecule has 0 atom stereocenters. The molecule has 28 heavy (non-hydrogen) atoms. The first kappa shape index (κ1) is 18.5. The molecule has 2 aromatic rings. The number of non-ortho nitro benzene ring substituents is 1. The van der Waals surface area contributed by atoms with Crippen molar-refractivity contribution in [2.24, 2.45) is 4.99 Å². The summed E-state index contributed by atoms with van der Waals surface area (Å²) >= 11 is 0. The van der Waals surface area contributed by atoms with Gasteiger partial charge in [0, 0.05) is 35.2 Å². The number of hydrogen-bond acceptors (Lipinski definition) is 5. The van der Waals surface area contributed by atoms with E-state index in [4.69, 9.17) is 14.5 Å². The van der Waals surface area contributed by atoms with Crippen LogP contribution in [0.1, 0.15) is 49.9 Å². The molecule has 0 bridgehead atoms. The lowest BCUT2D eigenvalue weighted by atomic mass is 9.81. The molecule has 0 spiro atoms. The molecule has 4 rings (SSSR count). The number of rotatable bonds is 3. The Balaban J connectivity index is 1.98. The minimum absolute atomic E-state index is 0.0619. The highest BCUT2D eigenvalue weighted by Crippen LogP contribution is 2.47. The molecule has 2 aliphatic heterocycles. The topological polar surface area (TPSA) is 74.0 Å². The van der Waals surface area contributed by atoms with E-state index in [0.717, 1.165) is 52.3 Å². The number of nitro groups is 1. The number of ether oxygens (including phenoxy) is 2. The molecule has 6 heteroatoms. The summed E-state index contributed by atoms with van der Waals surface area (Å²) in [5.41, 5.74) is 4.18. The van der Waals surface area contributed by atoms with Crippen molar-refractivity contribution in [1.82, 2.24) is 0 Å². The molecule has 0 unspecified atom stereocenters. The first-order chi connectivity index (χ1) is 13.1. The zero-order valence-corrected chi connectivity index (χ0v) is 16.8. The van der Waals surface area contributed by atoms with E-state index in [2.05, 4.69) is 27.7 Å². The van der Waals surface area contributed by atoms with Gasteiger partial charge in [-0.15, -0.1) is 0 Å². The Morgan fingerprint density at radius 2 is 1.93 bits per heavy atom. The van der Waals surface area contributed by atoms with E-state index < -0.39 is 0 Å². The van der Waals surface area contributed by atoms with Gasteiger partial charge in [-0.05, 0) is 45.7 Å². The standard InChI is InChI=1S/C22H24N2O4/c1-21(2)11-14-10-17(27-5)20-16(12-22(3,4)28-20)18(14)19(23-21)13-7-6-8-15(9-13)24(25)26/h6-10H,11-12H2,1-5H3. The lowest BCUT2D eigenvalue weighted by Gasteiger charge is -2.31. The number of methoxy groups -OCH3 is 1. The van der Waals surface area contributed by atoms with Crippen molar-refractivity contribution in [3.05, 3.63) is 62.7 Å². The summed E-state index contributed by atoms with van der Waals surface area (Å²) in [7, 11) is 1.65. The summed E-state index contributed by atoms with van der Waals surface area (Å²) in [5, 5.41) is 11.3. The van der Waals surface area contributed by atoms with Gasteiger partial charge in [0.2, 0.25) is 0 Å². The first-order valence-electron chi connectivity index (χ1n) is 9.37. The van der Waals surface area contributed by atoms with Crippen molar-refractivity contribution in [2.45, 2.75) is 51.7 Å². The molecular weight excluding hydrogens is 356 g/mol. The third kappa shape index (κ3) is 3.03. The quantitative estimate of drug-likeness (QED) is 0.581. The van der Waals surface area contributed by atoms with Crippen LogP contribution in [-0.2, 0) is 12.8 Å². The van der Waals surface area contributed by atoms with Crippen molar-refractivity contribution >= 4 is 11.4 Å². The number of benzene rings is 2. The average molecular weight is 380 g/mol. The summed E-state index contributed by atoms with van der Waals surface area (Å²) in [6.07, 6.45) is 1.50. The maximum atomic E-state index is 11.3. The Hall–Kier alpha value is -2.89. The number of nitro benzene ring substituents is 1. The van der Waals surface area contributed by atoms with Crippen LogP contribution in [0.2, 0.25) is 0 Å². The van der Waals surface area contributed by atoms with Gasteiger partial charge >= 0.3 is 0 Å². The van der Waals surface area contributed by atoms with Crippen molar-refractivity contribution in [3.8, 4) is 11.5 Å². The van der Waals surface area contributed by atoms with Gasteiger partial charge in [0.05, 0.1) is 23.3 Å². The van der Waals surface area contributed by atoms with Crippen LogP contribution in [0.4, 0.5) is 5.69 Å². The maximum absolute atomic E-state index is 11.3.